The van der Waals surface area contributed by atoms with Crippen LogP contribution in [0.3, 0.4) is 0 Å². The minimum atomic E-state index is -0.377. The van der Waals surface area contributed by atoms with Gasteiger partial charge in [0.15, 0.2) is 0 Å². The number of aromatic amines is 1. The van der Waals surface area contributed by atoms with E-state index in [1.165, 1.54) is 0 Å². The minimum absolute atomic E-state index is 0.107. The molecule has 8 nitrogen and oxygen atoms in total. The molecule has 0 unspecified atom stereocenters. The number of aromatic nitrogens is 3. The number of H-pyrrole nitrogens is 1. The molecule has 4 rings (SSSR count). The SMILES string of the molecule is CCCOC(=O)c1ccc(NC(=O)CSc2nnc(-c3c[nH]c4ccccc34)o2)cc1. The summed E-state index contributed by atoms with van der Waals surface area (Å²) in [6.45, 7) is 2.31. The number of nitrogens with zero attached hydrogens (tertiary/aromatic N) is 2. The molecule has 0 atom stereocenters. The molecule has 1 amide bonds. The topological polar surface area (TPSA) is 110 Å². The van der Waals surface area contributed by atoms with Crippen molar-refractivity contribution in [2.75, 3.05) is 17.7 Å². The van der Waals surface area contributed by atoms with Crippen molar-refractivity contribution in [2.45, 2.75) is 18.6 Å². The van der Waals surface area contributed by atoms with E-state index in [4.69, 9.17) is 9.15 Å². The van der Waals surface area contributed by atoms with Crippen LogP contribution in [0.4, 0.5) is 5.69 Å². The molecule has 2 heterocycles. The first-order valence-corrected chi connectivity index (χ1v) is 10.7. The van der Waals surface area contributed by atoms with Gasteiger partial charge in [0.2, 0.25) is 5.91 Å². The second kappa shape index (κ2) is 9.48. The van der Waals surface area contributed by atoms with Crippen molar-refractivity contribution in [1.82, 2.24) is 15.2 Å². The number of fused-ring (bicyclic) bond motifs is 1. The van der Waals surface area contributed by atoms with E-state index in [0.717, 1.165) is 34.6 Å². The summed E-state index contributed by atoms with van der Waals surface area (Å²) in [7, 11) is 0. The van der Waals surface area contributed by atoms with Gasteiger partial charge < -0.3 is 19.5 Å². The third-order valence-corrected chi connectivity index (χ3v) is 5.21. The molecule has 0 aliphatic heterocycles. The molecule has 31 heavy (non-hydrogen) atoms. The molecule has 0 saturated heterocycles. The first-order chi connectivity index (χ1) is 15.1. The molecule has 4 aromatic rings. The number of anilines is 1. The Labute approximate surface area is 182 Å². The highest BCUT2D eigenvalue weighted by atomic mass is 32.2. The second-order valence-corrected chi connectivity index (χ2v) is 7.60. The van der Waals surface area contributed by atoms with E-state index in [-0.39, 0.29) is 17.6 Å². The molecular formula is C22H20N4O4S. The van der Waals surface area contributed by atoms with Gasteiger partial charge in [-0.2, -0.15) is 0 Å². The third-order valence-electron chi connectivity index (χ3n) is 4.39. The summed E-state index contributed by atoms with van der Waals surface area (Å²) in [5, 5.41) is 12.2. The summed E-state index contributed by atoms with van der Waals surface area (Å²) in [6, 6.07) is 14.4. The van der Waals surface area contributed by atoms with Crippen LogP contribution in [-0.2, 0) is 9.53 Å². The van der Waals surface area contributed by atoms with E-state index in [1.54, 1.807) is 24.3 Å². The first kappa shape index (κ1) is 20.7. The van der Waals surface area contributed by atoms with Gasteiger partial charge in [-0.05, 0) is 36.8 Å². The van der Waals surface area contributed by atoms with Gasteiger partial charge in [0.05, 0.1) is 23.5 Å². The lowest BCUT2D eigenvalue weighted by molar-refractivity contribution is -0.113. The fourth-order valence-electron chi connectivity index (χ4n) is 2.92. The molecule has 0 saturated carbocycles. The minimum Gasteiger partial charge on any atom is -0.462 e. The number of carbonyl (C=O) groups is 2. The number of carbonyl (C=O) groups excluding carboxylic acids is 2. The molecule has 0 bridgehead atoms. The predicted octanol–water partition coefficient (Wildman–Crippen LogP) is 4.52. The van der Waals surface area contributed by atoms with E-state index < -0.39 is 0 Å². The summed E-state index contributed by atoms with van der Waals surface area (Å²) in [5.41, 5.74) is 2.82. The Balaban J connectivity index is 1.32. The molecule has 0 spiro atoms. The molecule has 2 aromatic heterocycles. The monoisotopic (exact) mass is 436 g/mol. The maximum Gasteiger partial charge on any atom is 0.338 e. The second-order valence-electron chi connectivity index (χ2n) is 6.67. The zero-order valence-corrected chi connectivity index (χ0v) is 17.6. The van der Waals surface area contributed by atoms with Crippen LogP contribution in [0, 0.1) is 0 Å². The predicted molar refractivity (Wildman–Crippen MR) is 118 cm³/mol. The summed E-state index contributed by atoms with van der Waals surface area (Å²) in [4.78, 5) is 27.2. The van der Waals surface area contributed by atoms with Gasteiger partial charge in [-0.15, -0.1) is 10.2 Å². The van der Waals surface area contributed by atoms with Crippen molar-refractivity contribution in [2.24, 2.45) is 0 Å². The van der Waals surface area contributed by atoms with Gasteiger partial charge in [0.1, 0.15) is 0 Å². The zero-order chi connectivity index (χ0) is 21.6. The van der Waals surface area contributed by atoms with Crippen LogP contribution in [0.15, 0.2) is 64.4 Å². The maximum atomic E-state index is 12.2. The Morgan fingerprint density at radius 1 is 1.13 bits per heavy atom. The number of nitrogens with one attached hydrogen (secondary N) is 2. The fourth-order valence-corrected chi connectivity index (χ4v) is 3.48. The number of para-hydroxylation sites is 1. The van der Waals surface area contributed by atoms with Crippen molar-refractivity contribution >= 4 is 40.2 Å². The number of hydrogen-bond acceptors (Lipinski definition) is 7. The third kappa shape index (κ3) is 4.95. The van der Waals surface area contributed by atoms with E-state index in [0.29, 0.717) is 29.0 Å². The van der Waals surface area contributed by atoms with E-state index in [2.05, 4.69) is 20.5 Å². The smallest absolute Gasteiger partial charge is 0.338 e. The van der Waals surface area contributed by atoms with Gasteiger partial charge >= 0.3 is 5.97 Å². The van der Waals surface area contributed by atoms with Crippen LogP contribution in [-0.4, -0.2) is 39.4 Å². The summed E-state index contributed by atoms with van der Waals surface area (Å²) < 4.78 is 10.8. The quantitative estimate of drug-likeness (QED) is 0.309. The molecule has 0 aliphatic rings. The summed E-state index contributed by atoms with van der Waals surface area (Å²) in [6.07, 6.45) is 2.59. The Morgan fingerprint density at radius 3 is 2.74 bits per heavy atom. The number of benzene rings is 2. The lowest BCUT2D eigenvalue weighted by Gasteiger charge is -2.06. The van der Waals surface area contributed by atoms with E-state index in [1.807, 2.05) is 37.4 Å². The highest BCUT2D eigenvalue weighted by molar-refractivity contribution is 7.99. The molecule has 0 aliphatic carbocycles. The standard InChI is InChI=1S/C22H20N4O4S/c1-2-11-29-21(28)14-7-9-15(10-8-14)24-19(27)13-31-22-26-25-20(30-22)17-12-23-18-6-4-3-5-16(17)18/h3-10,12,23H,2,11,13H2,1H3,(H,24,27). The maximum absolute atomic E-state index is 12.2. The van der Waals surface area contributed by atoms with E-state index >= 15 is 0 Å². The molecule has 0 radical (unpaired) electrons. The van der Waals surface area contributed by atoms with Crippen LogP contribution in [0.1, 0.15) is 23.7 Å². The van der Waals surface area contributed by atoms with Crippen molar-refractivity contribution in [3.63, 3.8) is 0 Å². The molecule has 158 valence electrons. The lowest BCUT2D eigenvalue weighted by Crippen LogP contribution is -2.14. The van der Waals surface area contributed by atoms with Crippen molar-refractivity contribution in [3.8, 4) is 11.5 Å². The van der Waals surface area contributed by atoms with Crippen LogP contribution in [0.5, 0.6) is 0 Å². The highest BCUT2D eigenvalue weighted by Gasteiger charge is 2.15. The zero-order valence-electron chi connectivity index (χ0n) is 16.8. The average Bonchev–Trinajstić information content (AvgIpc) is 3.43. The molecule has 9 heteroatoms. The molecule has 2 N–H and O–H groups in total. The van der Waals surface area contributed by atoms with Crippen LogP contribution in [0.2, 0.25) is 0 Å². The largest absolute Gasteiger partial charge is 0.462 e. The Hall–Kier alpha value is -3.59. The molecule has 0 fully saturated rings. The number of esters is 1. The highest BCUT2D eigenvalue weighted by Crippen LogP contribution is 2.29. The van der Waals surface area contributed by atoms with Gasteiger partial charge in [-0.1, -0.05) is 36.9 Å². The molecule has 2 aromatic carbocycles. The normalized spacial score (nSPS) is 10.9. The number of rotatable bonds is 8. The fraction of sp³-hybridized carbons (Fsp3) is 0.182. The van der Waals surface area contributed by atoms with Crippen LogP contribution < -0.4 is 5.32 Å². The Bertz CT molecular complexity index is 1200. The average molecular weight is 436 g/mol. The van der Waals surface area contributed by atoms with Crippen LogP contribution >= 0.6 is 11.8 Å². The lowest BCUT2D eigenvalue weighted by atomic mass is 10.2. The number of hydrogen-bond donors (Lipinski definition) is 2. The summed E-state index contributed by atoms with van der Waals surface area (Å²) in [5.74, 6) is -0.0998. The number of ether oxygens (including phenoxy) is 1. The Kier molecular flexibility index (Phi) is 6.32. The first-order valence-electron chi connectivity index (χ1n) is 9.74. The summed E-state index contributed by atoms with van der Waals surface area (Å²) >= 11 is 1.15. The van der Waals surface area contributed by atoms with Gasteiger partial charge in [0.25, 0.3) is 11.1 Å². The number of thioether (sulfide) groups is 1. The van der Waals surface area contributed by atoms with Crippen molar-refractivity contribution in [3.05, 3.63) is 60.3 Å². The van der Waals surface area contributed by atoms with Gasteiger partial charge in [-0.3, -0.25) is 4.79 Å². The van der Waals surface area contributed by atoms with Crippen LogP contribution in [0.25, 0.3) is 22.4 Å². The number of amides is 1. The van der Waals surface area contributed by atoms with E-state index in [9.17, 15) is 9.59 Å². The molecular weight excluding hydrogens is 416 g/mol. The Morgan fingerprint density at radius 2 is 1.94 bits per heavy atom. The van der Waals surface area contributed by atoms with Crippen molar-refractivity contribution < 1.29 is 18.7 Å². The van der Waals surface area contributed by atoms with Gasteiger partial charge in [-0.25, -0.2) is 4.79 Å². The van der Waals surface area contributed by atoms with Gasteiger partial charge in [0, 0.05) is 22.8 Å². The van der Waals surface area contributed by atoms with Crippen molar-refractivity contribution in [1.29, 1.82) is 0 Å².